The van der Waals surface area contributed by atoms with E-state index in [1.807, 2.05) is 6.34 Å². The summed E-state index contributed by atoms with van der Waals surface area (Å²) in [5.74, 6) is 0. The summed E-state index contributed by atoms with van der Waals surface area (Å²) in [6.45, 7) is 1.11. The van der Waals surface area contributed by atoms with Crippen molar-refractivity contribution in [2.24, 2.45) is 4.99 Å². The minimum atomic E-state index is 1.11. The van der Waals surface area contributed by atoms with Gasteiger partial charge in [0.2, 0.25) is 0 Å². The summed E-state index contributed by atoms with van der Waals surface area (Å²) in [7, 11) is 2.09. The van der Waals surface area contributed by atoms with E-state index in [1.54, 1.807) is 5.57 Å². The van der Waals surface area contributed by atoms with Gasteiger partial charge in [-0.25, -0.2) is 4.99 Å². The summed E-state index contributed by atoms with van der Waals surface area (Å²) in [6.07, 6.45) is 7.13. The van der Waals surface area contributed by atoms with Gasteiger partial charge in [0.25, 0.3) is 0 Å². The van der Waals surface area contributed by atoms with Gasteiger partial charge in [0.15, 0.2) is 0 Å². The molecule has 0 saturated heterocycles. The molecular weight excluding hydrogens is 136 g/mol. The first-order chi connectivity index (χ1) is 5.36. The molecule has 1 aliphatic carbocycles. The maximum absolute atomic E-state index is 4.41. The average molecular weight is 150 g/mol. The van der Waals surface area contributed by atoms with Gasteiger partial charge in [-0.15, -0.1) is 0 Å². The van der Waals surface area contributed by atoms with E-state index < -0.39 is 0 Å². The highest BCUT2D eigenvalue weighted by Gasteiger charge is 2.15. The predicted octanol–water partition coefficient (Wildman–Crippen LogP) is 1.79. The Morgan fingerprint density at radius 3 is 3.09 bits per heavy atom. The van der Waals surface area contributed by atoms with Crippen molar-refractivity contribution < 1.29 is 0 Å². The summed E-state index contributed by atoms with van der Waals surface area (Å²) >= 11 is 0. The number of aliphatic imine (C=N–C) groups is 1. The van der Waals surface area contributed by atoms with E-state index in [-0.39, 0.29) is 0 Å². The van der Waals surface area contributed by atoms with E-state index in [1.165, 1.54) is 31.4 Å². The highest BCUT2D eigenvalue weighted by molar-refractivity contribution is 5.59. The zero-order valence-corrected chi connectivity index (χ0v) is 7.01. The summed E-state index contributed by atoms with van der Waals surface area (Å²) in [4.78, 5) is 6.57. The molecule has 0 aromatic heterocycles. The first-order valence-electron chi connectivity index (χ1n) is 4.31. The van der Waals surface area contributed by atoms with Gasteiger partial charge in [-0.1, -0.05) is 0 Å². The molecule has 0 amide bonds. The Labute approximate surface area is 67.6 Å². The first kappa shape index (κ1) is 6.89. The number of likely N-dealkylation sites (N-methyl/N-ethyl adjacent to an activating group) is 1. The Kier molecular flexibility index (Phi) is 1.68. The fourth-order valence-corrected chi connectivity index (χ4v) is 1.79. The molecule has 0 aromatic rings. The third-order valence-corrected chi connectivity index (χ3v) is 2.40. The Bertz CT molecular complexity index is 216. The van der Waals surface area contributed by atoms with Crippen LogP contribution in [0.15, 0.2) is 16.3 Å². The van der Waals surface area contributed by atoms with Crippen molar-refractivity contribution in [1.29, 1.82) is 0 Å². The lowest BCUT2D eigenvalue weighted by molar-refractivity contribution is 0.511. The molecule has 0 radical (unpaired) electrons. The van der Waals surface area contributed by atoms with E-state index in [2.05, 4.69) is 16.9 Å². The van der Waals surface area contributed by atoms with Crippen LogP contribution in [0.3, 0.4) is 0 Å². The van der Waals surface area contributed by atoms with Crippen molar-refractivity contribution in [2.45, 2.75) is 25.7 Å². The van der Waals surface area contributed by atoms with Gasteiger partial charge < -0.3 is 4.90 Å². The molecule has 0 bridgehead atoms. The molecule has 0 unspecified atom stereocenters. The quantitative estimate of drug-likeness (QED) is 0.514. The predicted molar refractivity (Wildman–Crippen MR) is 46.6 cm³/mol. The molecule has 60 valence electrons. The van der Waals surface area contributed by atoms with Crippen LogP contribution in [0.5, 0.6) is 0 Å². The fourth-order valence-electron chi connectivity index (χ4n) is 1.79. The van der Waals surface area contributed by atoms with Crippen molar-refractivity contribution in [3.8, 4) is 0 Å². The maximum atomic E-state index is 4.41. The van der Waals surface area contributed by atoms with E-state index in [4.69, 9.17) is 0 Å². The third kappa shape index (κ3) is 1.30. The van der Waals surface area contributed by atoms with Crippen molar-refractivity contribution in [2.75, 3.05) is 13.6 Å². The molecule has 0 atom stereocenters. The number of allylic oxidation sites excluding steroid dienone is 1. The minimum Gasteiger partial charge on any atom is -0.362 e. The van der Waals surface area contributed by atoms with Gasteiger partial charge in [0.05, 0.1) is 6.34 Å². The van der Waals surface area contributed by atoms with Crippen molar-refractivity contribution in [1.82, 2.24) is 4.90 Å². The smallest absolute Gasteiger partial charge is 0.0908 e. The van der Waals surface area contributed by atoms with Crippen LogP contribution in [-0.4, -0.2) is 24.8 Å². The molecule has 11 heavy (non-hydrogen) atoms. The van der Waals surface area contributed by atoms with Crippen molar-refractivity contribution in [3.63, 3.8) is 0 Å². The van der Waals surface area contributed by atoms with Gasteiger partial charge >= 0.3 is 0 Å². The van der Waals surface area contributed by atoms with Crippen LogP contribution >= 0.6 is 0 Å². The van der Waals surface area contributed by atoms with Crippen molar-refractivity contribution in [3.05, 3.63) is 11.3 Å². The number of nitrogens with zero attached hydrogens (tertiary/aromatic N) is 2. The molecule has 1 heterocycles. The molecule has 2 nitrogen and oxygen atoms in total. The fraction of sp³-hybridized carbons (Fsp3) is 0.667. The normalized spacial score (nSPS) is 23.9. The average Bonchev–Trinajstić information content (AvgIpc) is 2.04. The number of hydrogen-bond donors (Lipinski definition) is 0. The Morgan fingerprint density at radius 1 is 1.36 bits per heavy atom. The molecule has 2 rings (SSSR count). The molecule has 2 heteroatoms. The summed E-state index contributed by atoms with van der Waals surface area (Å²) in [5.41, 5.74) is 2.94. The van der Waals surface area contributed by atoms with Crippen LogP contribution in [0.1, 0.15) is 25.7 Å². The highest BCUT2D eigenvalue weighted by atomic mass is 15.1. The van der Waals surface area contributed by atoms with Gasteiger partial charge in [0, 0.05) is 19.3 Å². The van der Waals surface area contributed by atoms with Gasteiger partial charge in [0.1, 0.15) is 0 Å². The van der Waals surface area contributed by atoms with Crippen LogP contribution < -0.4 is 0 Å². The van der Waals surface area contributed by atoms with Gasteiger partial charge in [-0.3, -0.25) is 0 Å². The topological polar surface area (TPSA) is 15.6 Å². The zero-order valence-electron chi connectivity index (χ0n) is 7.01. The van der Waals surface area contributed by atoms with Crippen molar-refractivity contribution >= 4 is 6.34 Å². The molecule has 0 spiro atoms. The second-order valence-corrected chi connectivity index (χ2v) is 3.42. The van der Waals surface area contributed by atoms with Crippen LogP contribution in [0.4, 0.5) is 0 Å². The SMILES string of the molecule is CN1C=NC2=C(CCCC2)C1. The van der Waals surface area contributed by atoms with E-state index in [0.717, 1.165) is 6.54 Å². The zero-order chi connectivity index (χ0) is 7.68. The minimum absolute atomic E-state index is 1.11. The van der Waals surface area contributed by atoms with E-state index in [9.17, 15) is 0 Å². The number of rotatable bonds is 0. The number of hydrogen-bond acceptors (Lipinski definition) is 2. The lowest BCUT2D eigenvalue weighted by Crippen LogP contribution is -2.24. The third-order valence-electron chi connectivity index (χ3n) is 2.40. The Balaban J connectivity index is 2.20. The summed E-state index contributed by atoms with van der Waals surface area (Å²) in [5, 5.41) is 0. The van der Waals surface area contributed by atoms with Crippen LogP contribution in [0.25, 0.3) is 0 Å². The lowest BCUT2D eigenvalue weighted by Gasteiger charge is -2.25. The van der Waals surface area contributed by atoms with Crippen LogP contribution in [-0.2, 0) is 0 Å². The van der Waals surface area contributed by atoms with E-state index in [0.29, 0.717) is 0 Å². The monoisotopic (exact) mass is 150 g/mol. The van der Waals surface area contributed by atoms with Crippen LogP contribution in [0.2, 0.25) is 0 Å². The van der Waals surface area contributed by atoms with Gasteiger partial charge in [-0.05, 0) is 31.3 Å². The summed E-state index contributed by atoms with van der Waals surface area (Å²) < 4.78 is 0. The Morgan fingerprint density at radius 2 is 2.18 bits per heavy atom. The second kappa shape index (κ2) is 2.68. The molecule has 0 N–H and O–H groups in total. The molecule has 1 aliphatic heterocycles. The second-order valence-electron chi connectivity index (χ2n) is 3.42. The molecule has 0 aromatic carbocycles. The largest absolute Gasteiger partial charge is 0.362 e. The van der Waals surface area contributed by atoms with Crippen LogP contribution in [0, 0.1) is 0 Å². The lowest BCUT2D eigenvalue weighted by atomic mass is 9.95. The standard InChI is InChI=1S/C9H14N2/c1-11-6-8-4-2-3-5-9(8)10-7-11/h7H,2-6H2,1H3. The molecule has 0 fully saturated rings. The maximum Gasteiger partial charge on any atom is 0.0908 e. The first-order valence-corrected chi connectivity index (χ1v) is 4.31. The summed E-state index contributed by atoms with van der Waals surface area (Å²) in [6, 6.07) is 0. The molecular formula is C9H14N2. The molecule has 2 aliphatic rings. The Hall–Kier alpha value is -0.790. The highest BCUT2D eigenvalue weighted by Crippen LogP contribution is 2.27. The molecule has 0 saturated carbocycles. The van der Waals surface area contributed by atoms with E-state index >= 15 is 0 Å². The van der Waals surface area contributed by atoms with Gasteiger partial charge in [-0.2, -0.15) is 0 Å².